The van der Waals surface area contributed by atoms with E-state index in [0.717, 1.165) is 12.8 Å². The van der Waals surface area contributed by atoms with Crippen LogP contribution in [0.3, 0.4) is 0 Å². The van der Waals surface area contributed by atoms with Gasteiger partial charge in [0.1, 0.15) is 6.54 Å². The highest BCUT2D eigenvalue weighted by atomic mass is 32.1. The number of hydrogen-bond acceptors (Lipinski definition) is 4. The Hall–Kier alpha value is -0.820. The largest absolute Gasteiger partial charge is 0.406 e. The van der Waals surface area contributed by atoms with Crippen LogP contribution >= 0.6 is 11.3 Å². The average molecular weight is 280 g/mol. The maximum absolute atomic E-state index is 12.5. The van der Waals surface area contributed by atoms with Gasteiger partial charge in [0.2, 0.25) is 0 Å². The van der Waals surface area contributed by atoms with Crippen molar-refractivity contribution in [1.29, 1.82) is 0 Å². The molecule has 3 nitrogen and oxygen atoms in total. The standard InChI is InChI=1S/C11H15F3N2OS/c1-2-8-9(5-17)18-10(15-8)16(7-3-4-7)6-11(12,13)14/h7,17H,2-6H2,1H3. The molecule has 2 rings (SSSR count). The zero-order chi connectivity index (χ0) is 13.3. The van der Waals surface area contributed by atoms with Crippen molar-refractivity contribution in [2.24, 2.45) is 0 Å². The number of nitrogens with zero attached hydrogens (tertiary/aromatic N) is 2. The first-order valence-electron chi connectivity index (χ1n) is 5.87. The average Bonchev–Trinajstić information content (AvgIpc) is 3.04. The lowest BCUT2D eigenvalue weighted by molar-refractivity contribution is -0.120. The van der Waals surface area contributed by atoms with E-state index in [1.165, 1.54) is 16.2 Å². The van der Waals surface area contributed by atoms with Crippen molar-refractivity contribution < 1.29 is 18.3 Å². The maximum Gasteiger partial charge on any atom is 0.406 e. The van der Waals surface area contributed by atoms with Gasteiger partial charge in [-0.15, -0.1) is 0 Å². The molecule has 1 aromatic rings. The third-order valence-corrected chi connectivity index (χ3v) is 3.95. The second-order valence-electron chi connectivity index (χ2n) is 4.35. The second kappa shape index (κ2) is 5.05. The monoisotopic (exact) mass is 280 g/mol. The van der Waals surface area contributed by atoms with Gasteiger partial charge in [0.15, 0.2) is 5.13 Å². The number of aliphatic hydroxyl groups is 1. The van der Waals surface area contributed by atoms with E-state index < -0.39 is 12.7 Å². The van der Waals surface area contributed by atoms with Gasteiger partial charge in [0, 0.05) is 6.04 Å². The highest BCUT2D eigenvalue weighted by Gasteiger charge is 2.39. The minimum atomic E-state index is -4.22. The number of halogens is 3. The van der Waals surface area contributed by atoms with E-state index >= 15 is 0 Å². The molecule has 1 aliphatic carbocycles. The highest BCUT2D eigenvalue weighted by Crippen LogP contribution is 2.37. The Morgan fingerprint density at radius 1 is 1.44 bits per heavy atom. The van der Waals surface area contributed by atoms with Crippen LogP contribution in [0.15, 0.2) is 0 Å². The Kier molecular flexibility index (Phi) is 3.82. The molecule has 0 radical (unpaired) electrons. The third-order valence-electron chi connectivity index (χ3n) is 2.83. The molecule has 102 valence electrons. The predicted octanol–water partition coefficient (Wildman–Crippen LogP) is 2.73. The van der Waals surface area contributed by atoms with E-state index in [-0.39, 0.29) is 12.6 Å². The summed E-state index contributed by atoms with van der Waals surface area (Å²) in [6.45, 7) is 0.758. The zero-order valence-electron chi connectivity index (χ0n) is 10.00. The molecule has 7 heteroatoms. The lowest BCUT2D eigenvalue weighted by atomic mass is 10.3. The first-order valence-corrected chi connectivity index (χ1v) is 6.69. The summed E-state index contributed by atoms with van der Waals surface area (Å²) in [7, 11) is 0. The molecular formula is C11H15F3N2OS. The maximum atomic E-state index is 12.5. The molecule has 1 saturated carbocycles. The summed E-state index contributed by atoms with van der Waals surface area (Å²) in [6.07, 6.45) is -2.03. The first-order chi connectivity index (χ1) is 8.44. The van der Waals surface area contributed by atoms with Gasteiger partial charge >= 0.3 is 6.18 Å². The normalized spacial score (nSPS) is 16.1. The Morgan fingerprint density at radius 2 is 2.11 bits per heavy atom. The number of aryl methyl sites for hydroxylation is 1. The van der Waals surface area contributed by atoms with Gasteiger partial charge in [-0.2, -0.15) is 13.2 Å². The van der Waals surface area contributed by atoms with Crippen molar-refractivity contribution in [3.05, 3.63) is 10.6 Å². The van der Waals surface area contributed by atoms with Crippen LogP contribution in [-0.2, 0) is 13.0 Å². The van der Waals surface area contributed by atoms with Crippen LogP contribution in [0.1, 0.15) is 30.3 Å². The fraction of sp³-hybridized carbons (Fsp3) is 0.727. The Balaban J connectivity index is 2.22. The molecule has 0 amide bonds. The Labute approximate surface area is 107 Å². The number of rotatable bonds is 5. The molecule has 1 fully saturated rings. The molecule has 0 unspecified atom stereocenters. The van der Waals surface area contributed by atoms with Crippen LogP contribution < -0.4 is 4.90 Å². The van der Waals surface area contributed by atoms with Crippen LogP contribution in [0.25, 0.3) is 0 Å². The van der Waals surface area contributed by atoms with Gasteiger partial charge in [0.05, 0.1) is 17.2 Å². The Morgan fingerprint density at radius 3 is 2.50 bits per heavy atom. The molecule has 0 aromatic carbocycles. The molecule has 18 heavy (non-hydrogen) atoms. The van der Waals surface area contributed by atoms with Crippen LogP contribution in [-0.4, -0.2) is 28.9 Å². The van der Waals surface area contributed by atoms with E-state index in [2.05, 4.69) is 4.98 Å². The van der Waals surface area contributed by atoms with Crippen molar-refractivity contribution in [2.45, 2.75) is 45.0 Å². The van der Waals surface area contributed by atoms with Crippen molar-refractivity contribution in [1.82, 2.24) is 4.98 Å². The quantitative estimate of drug-likeness (QED) is 0.901. The number of aliphatic hydroxyl groups excluding tert-OH is 1. The summed E-state index contributed by atoms with van der Waals surface area (Å²) in [5, 5.41) is 9.55. The highest BCUT2D eigenvalue weighted by molar-refractivity contribution is 7.15. The minimum Gasteiger partial charge on any atom is -0.391 e. The van der Waals surface area contributed by atoms with Crippen LogP contribution in [0.2, 0.25) is 0 Å². The SMILES string of the molecule is CCc1nc(N(CC(F)(F)F)C2CC2)sc1CO. The fourth-order valence-electron chi connectivity index (χ4n) is 1.82. The smallest absolute Gasteiger partial charge is 0.391 e. The van der Waals surface area contributed by atoms with Gasteiger partial charge in [-0.1, -0.05) is 18.3 Å². The lowest BCUT2D eigenvalue weighted by Gasteiger charge is -2.22. The number of alkyl halides is 3. The van der Waals surface area contributed by atoms with Crippen LogP contribution in [0, 0.1) is 0 Å². The van der Waals surface area contributed by atoms with E-state index in [1.54, 1.807) is 0 Å². The number of anilines is 1. The van der Waals surface area contributed by atoms with Gasteiger partial charge < -0.3 is 10.0 Å². The Bertz CT molecular complexity index is 393. The van der Waals surface area contributed by atoms with E-state index in [9.17, 15) is 13.2 Å². The molecule has 1 heterocycles. The van der Waals surface area contributed by atoms with Gasteiger partial charge in [0.25, 0.3) is 0 Å². The van der Waals surface area contributed by atoms with Crippen LogP contribution in [0.5, 0.6) is 0 Å². The van der Waals surface area contributed by atoms with E-state index in [0.29, 0.717) is 22.1 Å². The molecule has 0 atom stereocenters. The van der Waals surface area contributed by atoms with E-state index in [1.807, 2.05) is 6.92 Å². The molecule has 1 aliphatic rings. The molecule has 0 bridgehead atoms. The molecule has 1 N–H and O–H groups in total. The summed E-state index contributed by atoms with van der Waals surface area (Å²) >= 11 is 1.17. The van der Waals surface area contributed by atoms with Crippen molar-refractivity contribution in [3.8, 4) is 0 Å². The van der Waals surface area contributed by atoms with Crippen molar-refractivity contribution >= 4 is 16.5 Å². The summed E-state index contributed by atoms with van der Waals surface area (Å²) in [5.41, 5.74) is 0.699. The summed E-state index contributed by atoms with van der Waals surface area (Å²) in [6, 6.07) is -0.0472. The van der Waals surface area contributed by atoms with Crippen molar-refractivity contribution in [3.63, 3.8) is 0 Å². The molecule has 0 spiro atoms. The molecule has 1 aromatic heterocycles. The summed E-state index contributed by atoms with van der Waals surface area (Å²) < 4.78 is 37.6. The minimum absolute atomic E-state index is 0.0472. The topological polar surface area (TPSA) is 36.4 Å². The second-order valence-corrected chi connectivity index (χ2v) is 5.41. The first kappa shape index (κ1) is 13.6. The molecule has 0 saturated heterocycles. The summed E-state index contributed by atoms with van der Waals surface area (Å²) in [4.78, 5) is 6.22. The lowest BCUT2D eigenvalue weighted by Crippen LogP contribution is -2.35. The van der Waals surface area contributed by atoms with Gasteiger partial charge in [-0.25, -0.2) is 4.98 Å². The van der Waals surface area contributed by atoms with Gasteiger partial charge in [-0.3, -0.25) is 0 Å². The molecular weight excluding hydrogens is 265 g/mol. The molecule has 0 aliphatic heterocycles. The van der Waals surface area contributed by atoms with Crippen LogP contribution in [0.4, 0.5) is 18.3 Å². The summed E-state index contributed by atoms with van der Waals surface area (Å²) in [5.74, 6) is 0. The third kappa shape index (κ3) is 3.14. The van der Waals surface area contributed by atoms with Gasteiger partial charge in [-0.05, 0) is 19.3 Å². The number of hydrogen-bond donors (Lipinski definition) is 1. The predicted molar refractivity (Wildman–Crippen MR) is 63.8 cm³/mol. The number of aromatic nitrogens is 1. The van der Waals surface area contributed by atoms with Crippen molar-refractivity contribution in [2.75, 3.05) is 11.4 Å². The fourth-order valence-corrected chi connectivity index (χ4v) is 2.90. The van der Waals surface area contributed by atoms with E-state index in [4.69, 9.17) is 5.11 Å². The zero-order valence-corrected chi connectivity index (χ0v) is 10.8. The number of thiazole rings is 1.